The van der Waals surface area contributed by atoms with Gasteiger partial charge < -0.3 is 4.74 Å². The van der Waals surface area contributed by atoms with E-state index in [1.54, 1.807) is 32.9 Å². The molecule has 0 bridgehead atoms. The van der Waals surface area contributed by atoms with Gasteiger partial charge in [-0.3, -0.25) is 5.32 Å². The fraction of sp³-hybridized carbons (Fsp3) is 0.364. The van der Waals surface area contributed by atoms with Crippen LogP contribution in [0.25, 0.3) is 0 Å². The monoisotopic (exact) mass is 339 g/mol. The summed E-state index contributed by atoms with van der Waals surface area (Å²) < 4.78 is 5.70. The van der Waals surface area contributed by atoms with Crippen molar-refractivity contribution in [2.24, 2.45) is 0 Å². The molecule has 6 heteroatoms. The minimum atomic E-state index is -0.549. The SMILES string of the molecule is CC(C)(C)OC(=O)Nc1cc(Cl)c(Br)c(Cl)c1. The Hall–Kier alpha value is -0.450. The quantitative estimate of drug-likeness (QED) is 0.722. The summed E-state index contributed by atoms with van der Waals surface area (Å²) in [7, 11) is 0. The van der Waals surface area contributed by atoms with E-state index in [0.717, 1.165) is 0 Å². The Balaban J connectivity index is 2.79. The number of nitrogens with one attached hydrogen (secondary N) is 1. The van der Waals surface area contributed by atoms with Gasteiger partial charge in [-0.25, -0.2) is 4.79 Å². The molecular weight excluding hydrogens is 329 g/mol. The van der Waals surface area contributed by atoms with Crippen LogP contribution >= 0.6 is 39.1 Å². The van der Waals surface area contributed by atoms with Crippen LogP contribution in [0.1, 0.15) is 20.8 Å². The molecule has 0 aliphatic carbocycles. The normalized spacial score (nSPS) is 11.2. The molecule has 94 valence electrons. The standard InChI is InChI=1S/C11H12BrCl2NO2/c1-11(2,3)17-10(16)15-6-4-7(13)9(12)8(14)5-6/h4-5H,1-3H3,(H,15,16). The summed E-state index contributed by atoms with van der Waals surface area (Å²) in [5.74, 6) is 0. The lowest BCUT2D eigenvalue weighted by Crippen LogP contribution is -2.27. The molecule has 0 heterocycles. The lowest BCUT2D eigenvalue weighted by Gasteiger charge is -2.19. The number of carbonyl (C=O) groups is 1. The second-order valence-electron chi connectivity index (χ2n) is 4.38. The Kier molecular flexibility index (Phi) is 4.69. The van der Waals surface area contributed by atoms with E-state index in [2.05, 4.69) is 21.2 Å². The average Bonchev–Trinajstić information content (AvgIpc) is 2.10. The van der Waals surface area contributed by atoms with Gasteiger partial charge in [-0.15, -0.1) is 0 Å². The fourth-order valence-electron chi connectivity index (χ4n) is 1.05. The van der Waals surface area contributed by atoms with E-state index in [4.69, 9.17) is 27.9 Å². The van der Waals surface area contributed by atoms with Crippen LogP contribution in [0.3, 0.4) is 0 Å². The van der Waals surface area contributed by atoms with E-state index in [1.165, 1.54) is 0 Å². The van der Waals surface area contributed by atoms with Crippen molar-refractivity contribution in [3.8, 4) is 0 Å². The first kappa shape index (κ1) is 14.6. The fourth-order valence-corrected chi connectivity index (χ4v) is 1.77. The van der Waals surface area contributed by atoms with Crippen LogP contribution in [-0.2, 0) is 4.74 Å². The molecule has 0 radical (unpaired) electrons. The zero-order chi connectivity index (χ0) is 13.2. The number of carbonyl (C=O) groups excluding carboxylic acids is 1. The molecule has 1 rings (SSSR count). The Labute approximate surface area is 119 Å². The smallest absolute Gasteiger partial charge is 0.412 e. The first-order chi connectivity index (χ1) is 7.69. The van der Waals surface area contributed by atoms with Crippen molar-refractivity contribution in [1.82, 2.24) is 0 Å². The Morgan fingerprint density at radius 2 is 1.76 bits per heavy atom. The predicted molar refractivity (Wildman–Crippen MR) is 74.0 cm³/mol. The molecule has 0 aliphatic heterocycles. The first-order valence-electron chi connectivity index (χ1n) is 4.83. The van der Waals surface area contributed by atoms with Gasteiger partial charge in [0.25, 0.3) is 0 Å². The summed E-state index contributed by atoms with van der Waals surface area (Å²) in [6, 6.07) is 3.17. The molecule has 0 aromatic heterocycles. The molecule has 1 aromatic rings. The maximum Gasteiger partial charge on any atom is 0.412 e. The number of amides is 1. The Bertz CT molecular complexity index is 421. The molecule has 0 spiro atoms. The number of hydrogen-bond acceptors (Lipinski definition) is 2. The van der Waals surface area contributed by atoms with Crippen molar-refractivity contribution in [3.63, 3.8) is 0 Å². The van der Waals surface area contributed by atoms with Crippen LogP contribution in [-0.4, -0.2) is 11.7 Å². The number of ether oxygens (including phenoxy) is 1. The van der Waals surface area contributed by atoms with Gasteiger partial charge in [0.2, 0.25) is 0 Å². The van der Waals surface area contributed by atoms with Crippen molar-refractivity contribution in [1.29, 1.82) is 0 Å². The maximum absolute atomic E-state index is 11.5. The highest BCUT2D eigenvalue weighted by molar-refractivity contribution is 9.10. The van der Waals surface area contributed by atoms with Crippen LogP contribution in [0.5, 0.6) is 0 Å². The number of hydrogen-bond donors (Lipinski definition) is 1. The van der Waals surface area contributed by atoms with Crippen molar-refractivity contribution in [3.05, 3.63) is 26.7 Å². The molecule has 0 saturated heterocycles. The average molecular weight is 341 g/mol. The molecule has 1 aromatic carbocycles. The molecule has 0 aliphatic rings. The minimum absolute atomic E-state index is 0.420. The number of rotatable bonds is 1. The highest BCUT2D eigenvalue weighted by atomic mass is 79.9. The van der Waals surface area contributed by atoms with E-state index in [9.17, 15) is 4.79 Å². The third-order valence-electron chi connectivity index (χ3n) is 1.63. The summed E-state index contributed by atoms with van der Waals surface area (Å²) >= 11 is 15.0. The zero-order valence-electron chi connectivity index (χ0n) is 9.61. The lowest BCUT2D eigenvalue weighted by molar-refractivity contribution is 0.0636. The van der Waals surface area contributed by atoms with Gasteiger partial charge in [0.05, 0.1) is 14.5 Å². The zero-order valence-corrected chi connectivity index (χ0v) is 12.7. The minimum Gasteiger partial charge on any atom is -0.444 e. The maximum atomic E-state index is 11.5. The van der Waals surface area contributed by atoms with E-state index in [0.29, 0.717) is 20.2 Å². The third-order valence-corrected chi connectivity index (χ3v) is 3.54. The second-order valence-corrected chi connectivity index (χ2v) is 5.99. The van der Waals surface area contributed by atoms with E-state index in [1.807, 2.05) is 0 Å². The highest BCUT2D eigenvalue weighted by Crippen LogP contribution is 2.33. The van der Waals surface area contributed by atoms with E-state index < -0.39 is 11.7 Å². The molecule has 1 amide bonds. The molecule has 0 atom stereocenters. The highest BCUT2D eigenvalue weighted by Gasteiger charge is 2.16. The Morgan fingerprint density at radius 1 is 1.29 bits per heavy atom. The van der Waals surface area contributed by atoms with Crippen molar-refractivity contribution < 1.29 is 9.53 Å². The van der Waals surface area contributed by atoms with Crippen molar-refractivity contribution >= 4 is 50.9 Å². The number of benzene rings is 1. The summed E-state index contributed by atoms with van der Waals surface area (Å²) in [6.07, 6.45) is -0.549. The molecule has 0 unspecified atom stereocenters. The van der Waals surface area contributed by atoms with Gasteiger partial charge in [0, 0.05) is 5.69 Å². The van der Waals surface area contributed by atoms with Gasteiger partial charge in [0.1, 0.15) is 5.60 Å². The summed E-state index contributed by atoms with van der Waals surface area (Å²) in [5.41, 5.74) is -0.0648. The van der Waals surface area contributed by atoms with Gasteiger partial charge in [0.15, 0.2) is 0 Å². The first-order valence-corrected chi connectivity index (χ1v) is 6.38. The predicted octanol–water partition coefficient (Wildman–Crippen LogP) is 5.10. The van der Waals surface area contributed by atoms with Gasteiger partial charge in [-0.05, 0) is 48.8 Å². The largest absolute Gasteiger partial charge is 0.444 e. The topological polar surface area (TPSA) is 38.3 Å². The van der Waals surface area contributed by atoms with Crippen LogP contribution in [0.2, 0.25) is 10.0 Å². The van der Waals surface area contributed by atoms with Crippen LogP contribution < -0.4 is 5.32 Å². The van der Waals surface area contributed by atoms with Gasteiger partial charge in [-0.2, -0.15) is 0 Å². The van der Waals surface area contributed by atoms with Gasteiger partial charge >= 0.3 is 6.09 Å². The lowest BCUT2D eigenvalue weighted by atomic mass is 10.2. The van der Waals surface area contributed by atoms with E-state index >= 15 is 0 Å². The third kappa shape index (κ3) is 4.74. The molecular formula is C11H12BrCl2NO2. The molecule has 1 N–H and O–H groups in total. The molecule has 3 nitrogen and oxygen atoms in total. The molecule has 0 saturated carbocycles. The molecule has 17 heavy (non-hydrogen) atoms. The summed E-state index contributed by atoms with van der Waals surface area (Å²) in [6.45, 7) is 5.36. The van der Waals surface area contributed by atoms with Crippen LogP contribution in [0.15, 0.2) is 16.6 Å². The summed E-state index contributed by atoms with van der Waals surface area (Å²) in [5, 5.41) is 3.40. The van der Waals surface area contributed by atoms with Crippen LogP contribution in [0, 0.1) is 0 Å². The number of anilines is 1. The van der Waals surface area contributed by atoms with E-state index in [-0.39, 0.29) is 0 Å². The summed E-state index contributed by atoms with van der Waals surface area (Å²) in [4.78, 5) is 11.5. The van der Waals surface area contributed by atoms with Crippen molar-refractivity contribution in [2.45, 2.75) is 26.4 Å². The molecule has 0 fully saturated rings. The van der Waals surface area contributed by atoms with Crippen LogP contribution in [0.4, 0.5) is 10.5 Å². The Morgan fingerprint density at radius 3 is 2.18 bits per heavy atom. The number of halogens is 3. The van der Waals surface area contributed by atoms with Gasteiger partial charge in [-0.1, -0.05) is 23.2 Å². The second kappa shape index (κ2) is 5.46. The van der Waals surface area contributed by atoms with Crippen molar-refractivity contribution in [2.75, 3.05) is 5.32 Å².